The standard InChI is InChI=1S/C11H12N2O2.Se/c12-9(11(14)15)5-7-6-13-10-4-2-1-3-8(7)10;/h1-4,6,9,13H,5,12H2,(H,14,15);/t9-;/m0./s1. The molecule has 0 fully saturated rings. The number of rotatable bonds is 3. The molecule has 0 aliphatic rings. The van der Waals surface area contributed by atoms with Crippen molar-refractivity contribution in [2.24, 2.45) is 5.73 Å². The van der Waals surface area contributed by atoms with Gasteiger partial charge in [0.05, 0.1) is 0 Å². The second-order valence-electron chi connectivity index (χ2n) is 3.51. The van der Waals surface area contributed by atoms with E-state index in [0.29, 0.717) is 6.42 Å². The van der Waals surface area contributed by atoms with Crippen LogP contribution in [0.4, 0.5) is 0 Å². The van der Waals surface area contributed by atoms with Crippen molar-refractivity contribution in [2.45, 2.75) is 12.5 Å². The number of carboxylic acid groups (broad SMARTS) is 1. The maximum absolute atomic E-state index is 10.6. The monoisotopic (exact) mass is 284 g/mol. The van der Waals surface area contributed by atoms with Crippen LogP contribution in [0.1, 0.15) is 5.56 Å². The number of nitrogens with one attached hydrogen (secondary N) is 1. The molecule has 16 heavy (non-hydrogen) atoms. The summed E-state index contributed by atoms with van der Waals surface area (Å²) in [6.07, 6.45) is 2.16. The van der Waals surface area contributed by atoms with Gasteiger partial charge in [0, 0.05) is 40.6 Å². The number of aromatic amines is 1. The maximum Gasteiger partial charge on any atom is 0.320 e. The Bertz CT molecular complexity index is 495. The Morgan fingerprint density at radius 3 is 2.81 bits per heavy atom. The van der Waals surface area contributed by atoms with Gasteiger partial charge in [0.15, 0.2) is 0 Å². The number of hydrogen-bond donors (Lipinski definition) is 3. The molecule has 0 saturated heterocycles. The van der Waals surface area contributed by atoms with E-state index in [1.165, 1.54) is 0 Å². The number of aromatic nitrogens is 1. The van der Waals surface area contributed by atoms with Crippen LogP contribution in [-0.4, -0.2) is 39.2 Å². The van der Waals surface area contributed by atoms with E-state index >= 15 is 0 Å². The third-order valence-electron chi connectivity index (χ3n) is 2.43. The number of benzene rings is 1. The molecule has 0 aliphatic carbocycles. The number of para-hydroxylation sites is 1. The van der Waals surface area contributed by atoms with E-state index in [2.05, 4.69) is 4.98 Å². The van der Waals surface area contributed by atoms with Crippen LogP contribution in [0.2, 0.25) is 0 Å². The molecule has 0 unspecified atom stereocenters. The van der Waals surface area contributed by atoms with Crippen molar-refractivity contribution >= 4 is 33.9 Å². The Labute approximate surface area is 103 Å². The first-order valence-electron chi connectivity index (χ1n) is 4.72. The van der Waals surface area contributed by atoms with Gasteiger partial charge in [-0.1, -0.05) is 18.2 Å². The fourth-order valence-electron chi connectivity index (χ4n) is 1.62. The van der Waals surface area contributed by atoms with Crippen molar-refractivity contribution in [1.82, 2.24) is 4.98 Å². The number of fused-ring (bicyclic) bond motifs is 1. The first kappa shape index (κ1) is 12.8. The Hall–Kier alpha value is -1.29. The van der Waals surface area contributed by atoms with Gasteiger partial charge in [-0.25, -0.2) is 0 Å². The normalized spacial score (nSPS) is 12.1. The molecule has 1 heterocycles. The van der Waals surface area contributed by atoms with Crippen molar-refractivity contribution in [3.8, 4) is 0 Å². The molecule has 2 rings (SSSR count). The molecule has 0 saturated carbocycles. The molecule has 0 bridgehead atoms. The molecule has 1 aromatic carbocycles. The summed E-state index contributed by atoms with van der Waals surface area (Å²) in [5, 5.41) is 9.75. The largest absolute Gasteiger partial charge is 0.480 e. The zero-order valence-corrected chi connectivity index (χ0v) is 10.2. The molecule has 2 radical (unpaired) electrons. The van der Waals surface area contributed by atoms with Crippen LogP contribution in [0.3, 0.4) is 0 Å². The van der Waals surface area contributed by atoms with Gasteiger partial charge in [-0.3, -0.25) is 4.79 Å². The third kappa shape index (κ3) is 2.44. The van der Waals surface area contributed by atoms with E-state index < -0.39 is 12.0 Å². The van der Waals surface area contributed by atoms with Gasteiger partial charge in [0.1, 0.15) is 6.04 Å². The zero-order chi connectivity index (χ0) is 10.8. The predicted molar refractivity (Wildman–Crippen MR) is 63.4 cm³/mol. The van der Waals surface area contributed by atoms with Crippen LogP contribution in [0, 0.1) is 0 Å². The number of carboxylic acids is 1. The smallest absolute Gasteiger partial charge is 0.320 e. The van der Waals surface area contributed by atoms with E-state index in [4.69, 9.17) is 10.8 Å². The minimum Gasteiger partial charge on any atom is -0.480 e. The zero-order valence-electron chi connectivity index (χ0n) is 8.51. The summed E-state index contributed by atoms with van der Waals surface area (Å²) in [6.45, 7) is 0. The minimum atomic E-state index is -0.972. The van der Waals surface area contributed by atoms with Gasteiger partial charge < -0.3 is 15.8 Å². The molecule has 4 N–H and O–H groups in total. The van der Waals surface area contributed by atoms with Crippen molar-refractivity contribution in [1.29, 1.82) is 0 Å². The van der Waals surface area contributed by atoms with Crippen molar-refractivity contribution in [2.75, 3.05) is 0 Å². The summed E-state index contributed by atoms with van der Waals surface area (Å²) in [6, 6.07) is 6.91. The minimum absolute atomic E-state index is 0. The van der Waals surface area contributed by atoms with Gasteiger partial charge in [-0.2, -0.15) is 0 Å². The van der Waals surface area contributed by atoms with Crippen LogP contribution in [-0.2, 0) is 11.2 Å². The molecule has 2 aromatic rings. The second kappa shape index (κ2) is 5.16. The summed E-state index contributed by atoms with van der Waals surface area (Å²) >= 11 is 0. The average molecular weight is 283 g/mol. The van der Waals surface area contributed by atoms with E-state index in [-0.39, 0.29) is 17.1 Å². The molecule has 0 amide bonds. The Balaban J connectivity index is 0.00000128. The fourth-order valence-corrected chi connectivity index (χ4v) is 1.62. The number of nitrogens with two attached hydrogens (primary N) is 1. The fraction of sp³-hybridized carbons (Fsp3) is 0.182. The number of carbonyl (C=O) groups is 1. The molecular weight excluding hydrogens is 271 g/mol. The van der Waals surface area contributed by atoms with Crippen molar-refractivity contribution < 1.29 is 9.90 Å². The van der Waals surface area contributed by atoms with Crippen LogP contribution < -0.4 is 5.73 Å². The van der Waals surface area contributed by atoms with E-state index in [1.807, 2.05) is 30.5 Å². The van der Waals surface area contributed by atoms with Gasteiger partial charge in [-0.05, 0) is 11.6 Å². The molecule has 84 valence electrons. The molecule has 4 nitrogen and oxygen atoms in total. The average Bonchev–Trinajstić information content (AvgIpc) is 2.62. The first-order valence-corrected chi connectivity index (χ1v) is 4.72. The van der Waals surface area contributed by atoms with Gasteiger partial charge in [0.2, 0.25) is 0 Å². The molecule has 0 aliphatic heterocycles. The molecule has 1 aromatic heterocycles. The summed E-state index contributed by atoms with van der Waals surface area (Å²) in [5.74, 6) is -0.972. The Morgan fingerprint density at radius 2 is 2.12 bits per heavy atom. The molecular formula is C11H12N2O2Se. The second-order valence-corrected chi connectivity index (χ2v) is 3.51. The van der Waals surface area contributed by atoms with E-state index in [9.17, 15) is 4.79 Å². The molecule has 1 atom stereocenters. The quantitative estimate of drug-likeness (QED) is 0.727. The summed E-state index contributed by atoms with van der Waals surface area (Å²) in [5.41, 5.74) is 7.43. The summed E-state index contributed by atoms with van der Waals surface area (Å²) < 4.78 is 0. The molecule has 5 heteroatoms. The van der Waals surface area contributed by atoms with Gasteiger partial charge >= 0.3 is 5.97 Å². The number of aliphatic carboxylic acids is 1. The Kier molecular flexibility index (Phi) is 4.12. The maximum atomic E-state index is 10.6. The van der Waals surface area contributed by atoms with Crippen LogP contribution in [0.25, 0.3) is 10.9 Å². The van der Waals surface area contributed by atoms with Crippen LogP contribution in [0.5, 0.6) is 0 Å². The first-order chi connectivity index (χ1) is 7.18. The van der Waals surface area contributed by atoms with Crippen LogP contribution in [0.15, 0.2) is 30.5 Å². The number of H-pyrrole nitrogens is 1. The van der Waals surface area contributed by atoms with E-state index in [1.54, 1.807) is 0 Å². The topological polar surface area (TPSA) is 79.1 Å². The van der Waals surface area contributed by atoms with Gasteiger partial charge in [0.25, 0.3) is 0 Å². The molecule has 0 spiro atoms. The van der Waals surface area contributed by atoms with Crippen LogP contribution >= 0.6 is 0 Å². The van der Waals surface area contributed by atoms with E-state index in [0.717, 1.165) is 16.5 Å². The van der Waals surface area contributed by atoms with Crippen molar-refractivity contribution in [3.63, 3.8) is 0 Å². The summed E-state index contributed by atoms with van der Waals surface area (Å²) in [4.78, 5) is 13.7. The summed E-state index contributed by atoms with van der Waals surface area (Å²) in [7, 11) is 0. The number of hydrogen-bond acceptors (Lipinski definition) is 2. The SMILES string of the molecule is N[C@@H](Cc1c[nH]c2ccccc12)C(=O)O.[Se]. The van der Waals surface area contributed by atoms with Crippen molar-refractivity contribution in [3.05, 3.63) is 36.0 Å². The Morgan fingerprint density at radius 1 is 1.44 bits per heavy atom. The third-order valence-corrected chi connectivity index (χ3v) is 2.43. The van der Waals surface area contributed by atoms with Gasteiger partial charge in [-0.15, -0.1) is 0 Å². The predicted octanol–water partition coefficient (Wildman–Crippen LogP) is 0.742.